The van der Waals surface area contributed by atoms with E-state index in [0.29, 0.717) is 17.4 Å². The second kappa shape index (κ2) is 7.71. The average molecular weight is 387 g/mol. The van der Waals surface area contributed by atoms with Gasteiger partial charge in [-0.3, -0.25) is 14.3 Å². The van der Waals surface area contributed by atoms with Crippen LogP contribution in [-0.4, -0.2) is 25.5 Å². The van der Waals surface area contributed by atoms with E-state index in [1.54, 1.807) is 22.9 Å². The van der Waals surface area contributed by atoms with E-state index in [1.165, 1.54) is 6.20 Å². The van der Waals surface area contributed by atoms with Gasteiger partial charge in [-0.15, -0.1) is 0 Å². The lowest BCUT2D eigenvalue weighted by Gasteiger charge is -2.10. The van der Waals surface area contributed by atoms with Gasteiger partial charge in [0.2, 0.25) is 11.3 Å². The summed E-state index contributed by atoms with van der Waals surface area (Å²) in [5.74, 6) is -0.183. The van der Waals surface area contributed by atoms with Crippen LogP contribution in [0.15, 0.2) is 65.6 Å². The number of hydrogen-bond donors (Lipinski definition) is 1. The first-order valence-corrected chi connectivity index (χ1v) is 9.36. The Bertz CT molecular complexity index is 1240. The molecule has 1 amide bonds. The predicted molar refractivity (Wildman–Crippen MR) is 111 cm³/mol. The number of amides is 1. The van der Waals surface area contributed by atoms with Gasteiger partial charge in [-0.2, -0.15) is 10.2 Å². The van der Waals surface area contributed by atoms with Crippen molar-refractivity contribution in [2.45, 2.75) is 26.9 Å². The predicted octanol–water partition coefficient (Wildman–Crippen LogP) is 2.52. The summed E-state index contributed by atoms with van der Waals surface area (Å²) in [4.78, 5) is 24.5. The summed E-state index contributed by atoms with van der Waals surface area (Å²) in [5.41, 5.74) is 4.31. The van der Waals surface area contributed by atoms with Gasteiger partial charge in [0.1, 0.15) is 6.54 Å². The molecule has 2 aromatic carbocycles. The van der Waals surface area contributed by atoms with Gasteiger partial charge >= 0.3 is 0 Å². The van der Waals surface area contributed by atoms with E-state index in [2.05, 4.69) is 15.5 Å². The van der Waals surface area contributed by atoms with Crippen LogP contribution in [0.3, 0.4) is 0 Å². The van der Waals surface area contributed by atoms with Crippen LogP contribution in [0.4, 0.5) is 0 Å². The summed E-state index contributed by atoms with van der Waals surface area (Å²) >= 11 is 0. The molecule has 0 aliphatic carbocycles. The minimum absolute atomic E-state index is 0.0334. The topological polar surface area (TPSA) is 81.8 Å². The monoisotopic (exact) mass is 387 g/mol. The Kier molecular flexibility index (Phi) is 4.95. The summed E-state index contributed by atoms with van der Waals surface area (Å²) in [7, 11) is 0. The van der Waals surface area contributed by atoms with Gasteiger partial charge in [-0.1, -0.05) is 30.3 Å². The van der Waals surface area contributed by atoms with Crippen molar-refractivity contribution in [2.24, 2.45) is 0 Å². The van der Waals surface area contributed by atoms with E-state index in [-0.39, 0.29) is 17.9 Å². The molecule has 0 unspecified atom stereocenters. The van der Waals surface area contributed by atoms with Crippen molar-refractivity contribution < 1.29 is 4.79 Å². The number of fused-ring (bicyclic) bond motifs is 1. The number of aryl methyl sites for hydroxylation is 1. The van der Waals surface area contributed by atoms with Crippen molar-refractivity contribution in [3.8, 4) is 5.69 Å². The summed E-state index contributed by atoms with van der Waals surface area (Å²) in [6.45, 7) is 4.34. The molecule has 2 aromatic heterocycles. The minimum Gasteiger partial charge on any atom is -0.350 e. The first-order chi connectivity index (χ1) is 14.0. The third kappa shape index (κ3) is 3.67. The van der Waals surface area contributed by atoms with Crippen LogP contribution in [0.1, 0.15) is 17.0 Å². The molecule has 0 saturated heterocycles. The molecule has 0 fully saturated rings. The first-order valence-electron chi connectivity index (χ1n) is 9.36. The largest absolute Gasteiger partial charge is 0.350 e. The van der Waals surface area contributed by atoms with E-state index in [1.807, 2.05) is 54.9 Å². The van der Waals surface area contributed by atoms with Crippen LogP contribution < -0.4 is 10.7 Å². The number of aromatic nitrogens is 4. The molecule has 29 heavy (non-hydrogen) atoms. The molecule has 0 spiro atoms. The Morgan fingerprint density at radius 2 is 1.76 bits per heavy atom. The Morgan fingerprint density at radius 3 is 2.55 bits per heavy atom. The maximum Gasteiger partial charge on any atom is 0.242 e. The Hall–Kier alpha value is -3.74. The van der Waals surface area contributed by atoms with Crippen LogP contribution in [0.5, 0.6) is 0 Å². The van der Waals surface area contributed by atoms with E-state index in [9.17, 15) is 9.59 Å². The van der Waals surface area contributed by atoms with Crippen molar-refractivity contribution in [3.05, 3.63) is 88.0 Å². The molecule has 0 atom stereocenters. The Balaban J connectivity index is 1.51. The molecule has 4 rings (SSSR count). The summed E-state index contributed by atoms with van der Waals surface area (Å²) in [6.07, 6.45) is 1.24. The second-order valence-corrected chi connectivity index (χ2v) is 6.86. The lowest BCUT2D eigenvalue weighted by Crippen LogP contribution is -2.29. The van der Waals surface area contributed by atoms with Gasteiger partial charge in [-0.05, 0) is 38.1 Å². The molecule has 0 radical (unpaired) electrons. The van der Waals surface area contributed by atoms with E-state index >= 15 is 0 Å². The molecule has 0 aliphatic heterocycles. The number of nitrogens with one attached hydrogen (secondary N) is 1. The van der Waals surface area contributed by atoms with Crippen molar-refractivity contribution in [1.82, 2.24) is 24.9 Å². The van der Waals surface area contributed by atoms with Gasteiger partial charge in [-0.25, -0.2) is 4.68 Å². The highest BCUT2D eigenvalue weighted by Crippen LogP contribution is 2.17. The number of carbonyl (C=O) groups excluding carboxylic acids is 1. The van der Waals surface area contributed by atoms with Crippen LogP contribution >= 0.6 is 0 Å². The van der Waals surface area contributed by atoms with Crippen molar-refractivity contribution >= 4 is 16.8 Å². The number of para-hydroxylation sites is 2. The fourth-order valence-corrected chi connectivity index (χ4v) is 3.42. The molecule has 1 N–H and O–H groups in total. The number of benzene rings is 2. The molecule has 0 bridgehead atoms. The maximum absolute atomic E-state index is 12.5. The second-order valence-electron chi connectivity index (χ2n) is 6.86. The Morgan fingerprint density at radius 1 is 1.03 bits per heavy atom. The number of carbonyl (C=O) groups is 1. The lowest BCUT2D eigenvalue weighted by atomic mass is 10.2. The van der Waals surface area contributed by atoms with Crippen molar-refractivity contribution in [3.63, 3.8) is 0 Å². The molecule has 146 valence electrons. The third-order valence-electron chi connectivity index (χ3n) is 4.96. The molecular weight excluding hydrogens is 366 g/mol. The molecule has 7 heteroatoms. The normalized spacial score (nSPS) is 11.0. The van der Waals surface area contributed by atoms with Gasteiger partial charge in [0.25, 0.3) is 0 Å². The number of nitrogens with zero attached hydrogens (tertiary/aromatic N) is 4. The van der Waals surface area contributed by atoms with Crippen LogP contribution in [0.2, 0.25) is 0 Å². The van der Waals surface area contributed by atoms with E-state index in [4.69, 9.17) is 0 Å². The number of rotatable bonds is 5. The quantitative estimate of drug-likeness (QED) is 0.570. The molecule has 7 nitrogen and oxygen atoms in total. The zero-order valence-electron chi connectivity index (χ0n) is 16.3. The van der Waals surface area contributed by atoms with Gasteiger partial charge in [0.15, 0.2) is 0 Å². The van der Waals surface area contributed by atoms with Crippen molar-refractivity contribution in [1.29, 1.82) is 0 Å². The average Bonchev–Trinajstić information content (AvgIpc) is 3.03. The lowest BCUT2D eigenvalue weighted by molar-refractivity contribution is -0.121. The molecule has 0 saturated carbocycles. The fourth-order valence-electron chi connectivity index (χ4n) is 3.42. The van der Waals surface area contributed by atoms with Gasteiger partial charge < -0.3 is 5.32 Å². The van der Waals surface area contributed by atoms with Crippen LogP contribution in [0.25, 0.3) is 16.6 Å². The highest BCUT2D eigenvalue weighted by Gasteiger charge is 2.14. The van der Waals surface area contributed by atoms with Crippen molar-refractivity contribution in [2.75, 3.05) is 0 Å². The van der Waals surface area contributed by atoms with E-state index in [0.717, 1.165) is 22.6 Å². The highest BCUT2D eigenvalue weighted by atomic mass is 16.2. The molecule has 4 aromatic rings. The van der Waals surface area contributed by atoms with Crippen LogP contribution in [-0.2, 0) is 17.9 Å². The first kappa shape index (κ1) is 18.6. The highest BCUT2D eigenvalue weighted by molar-refractivity contribution is 5.81. The van der Waals surface area contributed by atoms with E-state index < -0.39 is 0 Å². The summed E-state index contributed by atoms with van der Waals surface area (Å²) in [5, 5.41) is 12.2. The third-order valence-corrected chi connectivity index (χ3v) is 4.96. The van der Waals surface area contributed by atoms with Gasteiger partial charge in [0, 0.05) is 23.2 Å². The Labute approximate surface area is 167 Å². The minimum atomic E-state index is -0.183. The standard InChI is InChI=1S/C22H21N5O2/c1-15-19(16(2)27(25-15)17-8-4-3-5-9-17)12-23-22(29)14-26-20-11-7-6-10-18(20)21(28)13-24-26/h3-11,13H,12,14H2,1-2H3,(H,23,29). The zero-order chi connectivity index (χ0) is 20.4. The summed E-state index contributed by atoms with van der Waals surface area (Å²) < 4.78 is 3.42. The molecular formula is C22H21N5O2. The smallest absolute Gasteiger partial charge is 0.242 e. The maximum atomic E-state index is 12.5. The summed E-state index contributed by atoms with van der Waals surface area (Å²) in [6, 6.07) is 17.0. The van der Waals surface area contributed by atoms with Crippen LogP contribution in [0, 0.1) is 13.8 Å². The molecule has 2 heterocycles. The zero-order valence-corrected chi connectivity index (χ0v) is 16.3. The molecule has 0 aliphatic rings. The number of hydrogen-bond acceptors (Lipinski definition) is 4. The fraction of sp³-hybridized carbons (Fsp3) is 0.182. The van der Waals surface area contributed by atoms with Gasteiger partial charge in [0.05, 0.1) is 23.1 Å². The SMILES string of the molecule is Cc1nn(-c2ccccc2)c(C)c1CNC(=O)Cn1ncc(=O)c2ccccc21.